The fourth-order valence-electron chi connectivity index (χ4n) is 2.86. The van der Waals surface area contributed by atoms with Crippen molar-refractivity contribution in [2.45, 2.75) is 11.4 Å². The molecule has 0 aliphatic carbocycles. The van der Waals surface area contributed by atoms with E-state index in [0.717, 1.165) is 23.7 Å². The van der Waals surface area contributed by atoms with Crippen molar-refractivity contribution in [2.75, 3.05) is 37.3 Å². The number of rotatable bonds is 4. The maximum absolute atomic E-state index is 12.3. The Labute approximate surface area is 153 Å². The van der Waals surface area contributed by atoms with Crippen molar-refractivity contribution in [3.8, 4) is 0 Å². The number of benzene rings is 1. The van der Waals surface area contributed by atoms with Crippen molar-refractivity contribution in [1.82, 2.24) is 24.6 Å². The molecule has 1 amide bonds. The number of thiazole rings is 1. The summed E-state index contributed by atoms with van der Waals surface area (Å²) in [6.45, 7) is 3.27. The van der Waals surface area contributed by atoms with Crippen LogP contribution in [0.3, 0.4) is 0 Å². The quantitative estimate of drug-likeness (QED) is 0.651. The average Bonchev–Trinajstić information content (AvgIpc) is 3.30. The van der Waals surface area contributed by atoms with Gasteiger partial charge in [0.1, 0.15) is 19.2 Å². The third kappa shape index (κ3) is 3.47. The molecule has 1 saturated heterocycles. The van der Waals surface area contributed by atoms with Crippen molar-refractivity contribution in [3.05, 3.63) is 30.9 Å². The van der Waals surface area contributed by atoms with Gasteiger partial charge in [-0.15, -0.1) is 11.8 Å². The predicted molar refractivity (Wildman–Crippen MR) is 100 cm³/mol. The molecule has 0 unspecified atom stereocenters. The number of aromatic nitrogens is 4. The molecule has 2 aromatic heterocycles. The molecule has 1 aliphatic rings. The van der Waals surface area contributed by atoms with E-state index < -0.39 is 0 Å². The van der Waals surface area contributed by atoms with E-state index in [9.17, 15) is 4.79 Å². The first-order valence-corrected chi connectivity index (χ1v) is 10.1. The molecule has 0 N–H and O–H groups in total. The minimum absolute atomic E-state index is 0.0825. The summed E-state index contributed by atoms with van der Waals surface area (Å²) in [6.07, 6.45) is 5.09. The zero-order valence-corrected chi connectivity index (χ0v) is 15.5. The van der Waals surface area contributed by atoms with Gasteiger partial charge in [-0.05, 0) is 24.5 Å². The lowest BCUT2D eigenvalue weighted by Gasteiger charge is -2.34. The zero-order valence-electron chi connectivity index (χ0n) is 13.8. The fourth-order valence-corrected chi connectivity index (χ4v) is 4.43. The van der Waals surface area contributed by atoms with Crippen LogP contribution in [-0.4, -0.2) is 63.0 Å². The second-order valence-electron chi connectivity index (χ2n) is 5.79. The summed E-state index contributed by atoms with van der Waals surface area (Å²) < 4.78 is 2.78. The van der Waals surface area contributed by atoms with Crippen molar-refractivity contribution < 1.29 is 4.79 Å². The lowest BCUT2D eigenvalue weighted by Crippen LogP contribution is -2.49. The molecule has 0 bridgehead atoms. The predicted octanol–water partition coefficient (Wildman–Crippen LogP) is 1.96. The highest BCUT2D eigenvalue weighted by Gasteiger charge is 2.23. The maximum Gasteiger partial charge on any atom is 0.244 e. The van der Waals surface area contributed by atoms with Crippen LogP contribution in [0.2, 0.25) is 0 Å². The Morgan fingerprint density at radius 3 is 2.84 bits per heavy atom. The van der Waals surface area contributed by atoms with E-state index in [1.807, 2.05) is 4.90 Å². The van der Waals surface area contributed by atoms with Gasteiger partial charge in [0.25, 0.3) is 0 Å². The molecule has 0 spiro atoms. The number of carbonyl (C=O) groups is 1. The van der Waals surface area contributed by atoms with E-state index in [0.29, 0.717) is 13.1 Å². The van der Waals surface area contributed by atoms with Crippen LogP contribution in [0.1, 0.15) is 0 Å². The van der Waals surface area contributed by atoms with E-state index in [1.165, 1.54) is 15.9 Å². The van der Waals surface area contributed by atoms with Gasteiger partial charge in [0.15, 0.2) is 5.13 Å². The lowest BCUT2D eigenvalue weighted by molar-refractivity contribution is -0.132. The van der Waals surface area contributed by atoms with Crippen LogP contribution in [0.4, 0.5) is 5.13 Å². The molecule has 1 aliphatic heterocycles. The van der Waals surface area contributed by atoms with Crippen molar-refractivity contribution in [1.29, 1.82) is 0 Å². The molecule has 130 valence electrons. The molecule has 0 saturated carbocycles. The number of anilines is 1. The van der Waals surface area contributed by atoms with Gasteiger partial charge in [-0.3, -0.25) is 4.79 Å². The van der Waals surface area contributed by atoms with E-state index in [2.05, 4.69) is 39.4 Å². The van der Waals surface area contributed by atoms with Gasteiger partial charge in [0.2, 0.25) is 5.91 Å². The van der Waals surface area contributed by atoms with Gasteiger partial charge in [0, 0.05) is 31.1 Å². The van der Waals surface area contributed by atoms with E-state index in [1.54, 1.807) is 34.1 Å². The molecule has 25 heavy (non-hydrogen) atoms. The van der Waals surface area contributed by atoms with Gasteiger partial charge in [-0.1, -0.05) is 11.3 Å². The molecule has 3 heterocycles. The Morgan fingerprint density at radius 1 is 1.28 bits per heavy atom. The molecular formula is C16H18N6OS2. The Kier molecular flexibility index (Phi) is 4.58. The highest BCUT2D eigenvalue weighted by molar-refractivity contribution is 7.98. The number of carbonyl (C=O) groups excluding carboxylic acids is 1. The molecule has 7 nitrogen and oxygen atoms in total. The number of piperazine rings is 1. The van der Waals surface area contributed by atoms with Crippen molar-refractivity contribution in [3.63, 3.8) is 0 Å². The highest BCUT2D eigenvalue weighted by atomic mass is 32.2. The molecule has 3 aromatic rings. The summed E-state index contributed by atoms with van der Waals surface area (Å²) in [5.41, 5.74) is 1.04. The fraction of sp³-hybridized carbons (Fsp3) is 0.375. The van der Waals surface area contributed by atoms with Crippen molar-refractivity contribution >= 4 is 44.4 Å². The van der Waals surface area contributed by atoms with Gasteiger partial charge in [-0.2, -0.15) is 5.10 Å². The number of hydrogen-bond acceptors (Lipinski definition) is 7. The topological polar surface area (TPSA) is 67.2 Å². The zero-order chi connectivity index (χ0) is 17.2. The Balaban J connectivity index is 1.40. The van der Waals surface area contributed by atoms with Crippen molar-refractivity contribution in [2.24, 2.45) is 0 Å². The van der Waals surface area contributed by atoms with Crippen LogP contribution in [0, 0.1) is 0 Å². The molecule has 1 aromatic carbocycles. The number of amides is 1. The normalized spacial score (nSPS) is 15.1. The molecule has 0 radical (unpaired) electrons. The summed E-state index contributed by atoms with van der Waals surface area (Å²) in [6, 6.07) is 6.38. The Morgan fingerprint density at radius 2 is 2.12 bits per heavy atom. The molecular weight excluding hydrogens is 356 g/mol. The SMILES string of the molecule is CSc1ccc2nc(N3CCN(C(=O)Cn4cncn4)CC3)sc2c1. The third-order valence-corrected chi connectivity index (χ3v) is 6.06. The monoisotopic (exact) mass is 374 g/mol. The van der Waals surface area contributed by atoms with Gasteiger partial charge >= 0.3 is 0 Å². The minimum atomic E-state index is 0.0825. The second-order valence-corrected chi connectivity index (χ2v) is 7.68. The number of thioether (sulfide) groups is 1. The number of fused-ring (bicyclic) bond motifs is 1. The van der Waals surface area contributed by atoms with Gasteiger partial charge in [0.05, 0.1) is 10.2 Å². The first kappa shape index (κ1) is 16.3. The summed E-state index contributed by atoms with van der Waals surface area (Å²) >= 11 is 3.47. The molecule has 4 rings (SSSR count). The van der Waals surface area contributed by atoms with Crippen LogP contribution in [-0.2, 0) is 11.3 Å². The molecule has 0 atom stereocenters. The van der Waals surface area contributed by atoms with Gasteiger partial charge in [-0.25, -0.2) is 14.6 Å². The van der Waals surface area contributed by atoms with Gasteiger partial charge < -0.3 is 9.80 Å². The minimum Gasteiger partial charge on any atom is -0.345 e. The summed E-state index contributed by atoms with van der Waals surface area (Å²) in [7, 11) is 0. The van der Waals surface area contributed by atoms with Crippen LogP contribution < -0.4 is 4.90 Å². The van der Waals surface area contributed by atoms with Crippen LogP contribution in [0.15, 0.2) is 35.7 Å². The van der Waals surface area contributed by atoms with E-state index >= 15 is 0 Å². The van der Waals surface area contributed by atoms with Crippen LogP contribution >= 0.6 is 23.1 Å². The standard InChI is InChI=1S/C16H18N6OS2/c1-24-12-2-3-13-14(8-12)25-16(19-13)21-6-4-20(5-7-21)15(23)9-22-11-17-10-18-22/h2-3,8,10-11H,4-7,9H2,1H3. The van der Waals surface area contributed by atoms with E-state index in [-0.39, 0.29) is 12.5 Å². The maximum atomic E-state index is 12.3. The average molecular weight is 374 g/mol. The molecule has 1 fully saturated rings. The third-order valence-electron chi connectivity index (χ3n) is 4.25. The summed E-state index contributed by atoms with van der Waals surface area (Å²) in [5.74, 6) is 0.0825. The lowest BCUT2D eigenvalue weighted by atomic mass is 10.3. The van der Waals surface area contributed by atoms with Crippen LogP contribution in [0.25, 0.3) is 10.2 Å². The number of nitrogens with zero attached hydrogens (tertiary/aromatic N) is 6. The summed E-state index contributed by atoms with van der Waals surface area (Å²) in [5, 5.41) is 5.03. The first-order chi connectivity index (χ1) is 12.2. The number of hydrogen-bond donors (Lipinski definition) is 0. The second kappa shape index (κ2) is 7.01. The largest absolute Gasteiger partial charge is 0.345 e. The molecule has 9 heteroatoms. The summed E-state index contributed by atoms with van der Waals surface area (Å²) in [4.78, 5) is 26.4. The Bertz CT molecular complexity index is 870. The van der Waals surface area contributed by atoms with E-state index in [4.69, 9.17) is 4.98 Å². The smallest absolute Gasteiger partial charge is 0.244 e. The van der Waals surface area contributed by atoms with Crippen LogP contribution in [0.5, 0.6) is 0 Å². The highest BCUT2D eigenvalue weighted by Crippen LogP contribution is 2.31. The first-order valence-electron chi connectivity index (χ1n) is 8.02. The Hall–Kier alpha value is -2.13.